The highest BCUT2D eigenvalue weighted by Crippen LogP contribution is 2.39. The predicted molar refractivity (Wildman–Crippen MR) is 143 cm³/mol. The summed E-state index contributed by atoms with van der Waals surface area (Å²) in [6.45, 7) is 1.46. The number of ether oxygens (including phenoxy) is 5. The molecule has 8 nitrogen and oxygen atoms in total. The third-order valence-corrected chi connectivity index (χ3v) is 8.62. The highest BCUT2D eigenvalue weighted by molar-refractivity contribution is 7.97. The van der Waals surface area contributed by atoms with E-state index in [0.29, 0.717) is 42.8 Å². The van der Waals surface area contributed by atoms with Crippen LogP contribution in [0.1, 0.15) is 0 Å². The molecule has 42 heavy (non-hydrogen) atoms. The Labute approximate surface area is 242 Å². The second kappa shape index (κ2) is 14.4. The molecule has 3 aromatic carbocycles. The Balaban J connectivity index is 1.94. The molecule has 1 atom stereocenters. The summed E-state index contributed by atoms with van der Waals surface area (Å²) in [5.74, 6) is 0.489. The van der Waals surface area contributed by atoms with Crippen molar-refractivity contribution in [1.82, 2.24) is 0 Å². The summed E-state index contributed by atoms with van der Waals surface area (Å²) in [6, 6.07) is 19.0. The molecule has 1 unspecified atom stereocenters. The van der Waals surface area contributed by atoms with Gasteiger partial charge in [-0.3, -0.25) is 4.55 Å². The molecule has 1 N–H and O–H groups in total. The van der Waals surface area contributed by atoms with Crippen LogP contribution in [0, 0.1) is 0 Å². The maximum Gasteiger partial charge on any atom is 0.432 e. The maximum atomic E-state index is 14.0. The minimum absolute atomic E-state index is 0.336. The third-order valence-electron chi connectivity index (χ3n) is 5.49. The Kier molecular flexibility index (Phi) is 11.4. The Morgan fingerprint density at radius 2 is 1.02 bits per heavy atom. The van der Waals surface area contributed by atoms with E-state index in [1.807, 2.05) is 24.3 Å². The van der Waals surface area contributed by atoms with Crippen molar-refractivity contribution in [3.05, 3.63) is 72.8 Å². The standard InChI is InChI=1S/C27H27F5O8S2/c1-36-15-17-38-19-3-9-22(10-4-19)41(23-11-5-20(6-12-23)39-18-16-37-2)24-13-7-21(8-14-24)40-25(26(28,29)30)27(31,32)42(33,34)35/h3-14,25H,15-18H2,1-2H3/p+1. The molecule has 15 heteroatoms. The zero-order valence-corrected chi connectivity index (χ0v) is 24.0. The summed E-state index contributed by atoms with van der Waals surface area (Å²) >= 11 is 0. The molecule has 0 aliphatic heterocycles. The molecule has 0 fully saturated rings. The van der Waals surface area contributed by atoms with Gasteiger partial charge in [-0.05, 0) is 72.8 Å². The van der Waals surface area contributed by atoms with E-state index >= 15 is 0 Å². The summed E-state index contributed by atoms with van der Waals surface area (Å²) in [4.78, 5) is 2.16. The van der Waals surface area contributed by atoms with Crippen LogP contribution < -0.4 is 14.2 Å². The van der Waals surface area contributed by atoms with Crippen molar-refractivity contribution in [3.8, 4) is 17.2 Å². The Morgan fingerprint density at radius 3 is 1.33 bits per heavy atom. The largest absolute Gasteiger partial charge is 0.491 e. The lowest BCUT2D eigenvalue weighted by molar-refractivity contribution is -0.239. The number of methoxy groups -OCH3 is 2. The Hall–Kier alpha value is -3.11. The predicted octanol–water partition coefficient (Wildman–Crippen LogP) is 5.62. The van der Waals surface area contributed by atoms with Gasteiger partial charge in [-0.1, -0.05) is 0 Å². The fraction of sp³-hybridized carbons (Fsp3) is 0.333. The van der Waals surface area contributed by atoms with Crippen LogP contribution in [0.15, 0.2) is 87.5 Å². The summed E-state index contributed by atoms with van der Waals surface area (Å²) in [6.07, 6.45) is -9.96. The maximum absolute atomic E-state index is 14.0. The van der Waals surface area contributed by atoms with Crippen LogP contribution in [-0.4, -0.2) is 71.2 Å². The van der Waals surface area contributed by atoms with E-state index in [4.69, 9.17) is 23.5 Å². The van der Waals surface area contributed by atoms with E-state index in [-0.39, 0.29) is 0 Å². The van der Waals surface area contributed by atoms with Gasteiger partial charge in [0.2, 0.25) is 0 Å². The van der Waals surface area contributed by atoms with E-state index in [0.717, 1.165) is 21.9 Å². The fourth-order valence-electron chi connectivity index (χ4n) is 3.49. The average Bonchev–Trinajstić information content (AvgIpc) is 2.93. The number of rotatable bonds is 15. The summed E-state index contributed by atoms with van der Waals surface area (Å²) in [5, 5.41) is -5.64. The number of hydrogen-bond donors (Lipinski definition) is 1. The first kappa shape index (κ1) is 33.4. The van der Waals surface area contributed by atoms with Crippen LogP contribution in [-0.2, 0) is 30.5 Å². The SMILES string of the molecule is COCCOc1ccc([S+](c2ccc(OCCOC)cc2)c2ccc(OC(C(F)(F)F)C(F)(F)S(=O)(=O)O)cc2)cc1. The van der Waals surface area contributed by atoms with Gasteiger partial charge in [-0.25, -0.2) is 0 Å². The zero-order chi connectivity index (χ0) is 31.0. The summed E-state index contributed by atoms with van der Waals surface area (Å²) < 4.78 is 124. The summed E-state index contributed by atoms with van der Waals surface area (Å²) in [7, 11) is -4.17. The molecule has 0 bridgehead atoms. The van der Waals surface area contributed by atoms with Crippen LogP contribution in [0.25, 0.3) is 0 Å². The molecule has 0 heterocycles. The van der Waals surface area contributed by atoms with Gasteiger partial charge < -0.3 is 23.7 Å². The molecule has 0 amide bonds. The number of alkyl halides is 5. The molecule has 0 spiro atoms. The topological polar surface area (TPSA) is 101 Å². The Morgan fingerprint density at radius 1 is 0.667 bits per heavy atom. The summed E-state index contributed by atoms with van der Waals surface area (Å²) in [5.41, 5.74) is 0. The normalized spacial score (nSPS) is 13.2. The number of halogens is 5. The van der Waals surface area contributed by atoms with Gasteiger partial charge in [0.05, 0.1) is 24.1 Å². The first-order valence-electron chi connectivity index (χ1n) is 12.1. The monoisotopic (exact) mass is 639 g/mol. The third kappa shape index (κ3) is 8.70. The highest BCUT2D eigenvalue weighted by atomic mass is 32.2. The van der Waals surface area contributed by atoms with E-state index < -0.39 is 44.3 Å². The molecule has 3 rings (SSSR count). The lowest BCUT2D eigenvalue weighted by atomic mass is 10.3. The smallest absolute Gasteiger partial charge is 0.432 e. The van der Waals surface area contributed by atoms with Crippen LogP contribution in [0.5, 0.6) is 17.2 Å². The molecule has 230 valence electrons. The molecule has 0 aromatic heterocycles. The number of hydrogen-bond acceptors (Lipinski definition) is 7. The average molecular weight is 640 g/mol. The van der Waals surface area contributed by atoms with Crippen molar-refractivity contribution in [2.24, 2.45) is 0 Å². The van der Waals surface area contributed by atoms with E-state index in [9.17, 15) is 30.4 Å². The van der Waals surface area contributed by atoms with E-state index in [2.05, 4.69) is 4.74 Å². The molecular weight excluding hydrogens is 611 g/mol. The van der Waals surface area contributed by atoms with Crippen molar-refractivity contribution in [3.63, 3.8) is 0 Å². The quantitative estimate of drug-likeness (QED) is 0.0990. The van der Waals surface area contributed by atoms with Crippen molar-refractivity contribution in [2.75, 3.05) is 40.6 Å². The highest BCUT2D eigenvalue weighted by Gasteiger charge is 2.65. The van der Waals surface area contributed by atoms with Gasteiger partial charge >= 0.3 is 21.5 Å². The van der Waals surface area contributed by atoms with Gasteiger partial charge in [0.25, 0.3) is 6.10 Å². The Bertz CT molecular complexity index is 1310. The molecule has 3 aromatic rings. The van der Waals surface area contributed by atoms with Crippen molar-refractivity contribution < 1.29 is 58.6 Å². The lowest BCUT2D eigenvalue weighted by Crippen LogP contribution is -2.53. The first-order valence-corrected chi connectivity index (χ1v) is 14.8. The molecule has 0 radical (unpaired) electrons. The second-order valence-corrected chi connectivity index (χ2v) is 12.0. The first-order chi connectivity index (χ1) is 19.8. The fourth-order valence-corrected chi connectivity index (χ4v) is 5.98. The minimum Gasteiger partial charge on any atom is -0.491 e. The van der Waals surface area contributed by atoms with Crippen LogP contribution >= 0.6 is 0 Å². The van der Waals surface area contributed by atoms with E-state index in [1.165, 1.54) is 12.1 Å². The van der Waals surface area contributed by atoms with Gasteiger partial charge in [0, 0.05) is 14.2 Å². The van der Waals surface area contributed by atoms with Crippen LogP contribution in [0.3, 0.4) is 0 Å². The van der Waals surface area contributed by atoms with Gasteiger partial charge in [0.1, 0.15) is 30.5 Å². The van der Waals surface area contributed by atoms with E-state index in [1.54, 1.807) is 38.5 Å². The number of benzene rings is 3. The molecular formula is C27H28F5O8S2+. The second-order valence-electron chi connectivity index (χ2n) is 8.48. The van der Waals surface area contributed by atoms with Gasteiger partial charge in [-0.2, -0.15) is 30.4 Å². The molecule has 0 saturated carbocycles. The van der Waals surface area contributed by atoms with Crippen molar-refractivity contribution in [2.45, 2.75) is 32.2 Å². The van der Waals surface area contributed by atoms with Crippen LogP contribution in [0.4, 0.5) is 22.0 Å². The molecule has 0 aliphatic carbocycles. The zero-order valence-electron chi connectivity index (χ0n) is 22.3. The molecule has 0 saturated heterocycles. The van der Waals surface area contributed by atoms with Gasteiger partial charge in [0.15, 0.2) is 14.7 Å². The molecule has 0 aliphatic rings. The van der Waals surface area contributed by atoms with Crippen molar-refractivity contribution in [1.29, 1.82) is 0 Å². The van der Waals surface area contributed by atoms with Gasteiger partial charge in [-0.15, -0.1) is 0 Å². The van der Waals surface area contributed by atoms with Crippen LogP contribution in [0.2, 0.25) is 0 Å². The van der Waals surface area contributed by atoms with Crippen molar-refractivity contribution >= 4 is 21.0 Å². The lowest BCUT2D eigenvalue weighted by Gasteiger charge is -2.26. The minimum atomic E-state index is -6.43.